The Morgan fingerprint density at radius 1 is 0.935 bits per heavy atom. The molecule has 0 unspecified atom stereocenters. The number of aryl methyl sites for hydroxylation is 3. The van der Waals surface area contributed by atoms with E-state index in [1.54, 1.807) is 30.3 Å². The second kappa shape index (κ2) is 8.40. The number of carbonyl (C=O) groups is 1. The lowest BCUT2D eigenvalue weighted by Gasteiger charge is -2.13. The van der Waals surface area contributed by atoms with Crippen LogP contribution >= 0.6 is 11.6 Å². The van der Waals surface area contributed by atoms with Gasteiger partial charge in [0.1, 0.15) is 5.58 Å². The average molecular weight is 433 g/mol. The topological polar surface area (TPSA) is 56.5 Å². The fraction of sp³-hybridized carbons (Fsp3) is 0.154. The molecule has 0 radical (unpaired) electrons. The minimum absolute atomic E-state index is 0.0312. The maximum absolute atomic E-state index is 13.4. The van der Waals surface area contributed by atoms with Crippen LogP contribution in [-0.4, -0.2) is 12.4 Å². The van der Waals surface area contributed by atoms with Crippen molar-refractivity contribution in [3.05, 3.63) is 98.2 Å². The molecule has 0 saturated heterocycles. The Morgan fingerprint density at radius 2 is 1.61 bits per heavy atom. The molecule has 0 atom stereocenters. The molecule has 0 fully saturated rings. The number of hydrogen-bond acceptors (Lipinski definition) is 4. The first kappa shape index (κ1) is 20.9. The van der Waals surface area contributed by atoms with E-state index in [2.05, 4.69) is 0 Å². The van der Waals surface area contributed by atoms with Crippen molar-refractivity contribution in [2.24, 2.45) is 0 Å². The molecule has 31 heavy (non-hydrogen) atoms. The molecule has 0 aliphatic carbocycles. The minimum atomic E-state index is -0.299. The molecule has 0 aliphatic heterocycles. The van der Waals surface area contributed by atoms with Crippen LogP contribution in [0.15, 0.2) is 69.9 Å². The number of halogens is 1. The average Bonchev–Trinajstić information content (AvgIpc) is 2.74. The van der Waals surface area contributed by atoms with Crippen molar-refractivity contribution in [2.45, 2.75) is 20.8 Å². The van der Waals surface area contributed by atoms with Crippen molar-refractivity contribution in [1.29, 1.82) is 0 Å². The van der Waals surface area contributed by atoms with Gasteiger partial charge in [0.05, 0.1) is 5.39 Å². The van der Waals surface area contributed by atoms with Crippen molar-refractivity contribution in [2.75, 3.05) is 6.61 Å². The molecule has 5 heteroatoms. The molecular weight excluding hydrogens is 412 g/mol. The Bertz CT molecular complexity index is 1330. The lowest BCUT2D eigenvalue weighted by atomic mass is 10.0. The maximum Gasteiger partial charge on any atom is 0.235 e. The van der Waals surface area contributed by atoms with E-state index in [0.717, 1.165) is 16.7 Å². The van der Waals surface area contributed by atoms with Crippen molar-refractivity contribution < 1.29 is 13.9 Å². The zero-order valence-corrected chi connectivity index (χ0v) is 18.2. The van der Waals surface area contributed by atoms with E-state index in [9.17, 15) is 9.59 Å². The molecular formula is C26H21ClO4. The Morgan fingerprint density at radius 3 is 2.29 bits per heavy atom. The summed E-state index contributed by atoms with van der Waals surface area (Å²) in [6.07, 6.45) is 0. The van der Waals surface area contributed by atoms with E-state index in [0.29, 0.717) is 32.9 Å². The Labute approximate surface area is 185 Å². The number of fused-ring (bicyclic) bond motifs is 1. The normalized spacial score (nSPS) is 11.0. The highest BCUT2D eigenvalue weighted by Gasteiger charge is 2.20. The smallest absolute Gasteiger partial charge is 0.235 e. The predicted octanol–water partition coefficient (Wildman–Crippen LogP) is 6.30. The van der Waals surface area contributed by atoms with Gasteiger partial charge in [-0.2, -0.15) is 0 Å². The first-order valence-corrected chi connectivity index (χ1v) is 10.3. The molecule has 0 amide bonds. The summed E-state index contributed by atoms with van der Waals surface area (Å²) in [5.74, 6) is 0.0865. The molecule has 156 valence electrons. The van der Waals surface area contributed by atoms with Gasteiger partial charge in [0, 0.05) is 16.1 Å². The summed E-state index contributed by atoms with van der Waals surface area (Å²) < 4.78 is 12.0. The van der Waals surface area contributed by atoms with Gasteiger partial charge in [-0.3, -0.25) is 9.59 Å². The summed E-state index contributed by atoms with van der Waals surface area (Å²) in [4.78, 5) is 26.0. The van der Waals surface area contributed by atoms with E-state index in [-0.39, 0.29) is 23.6 Å². The third-order valence-electron chi connectivity index (χ3n) is 5.11. The van der Waals surface area contributed by atoms with Crippen LogP contribution in [0.1, 0.15) is 27.0 Å². The lowest BCUT2D eigenvalue weighted by Crippen LogP contribution is -2.17. The van der Waals surface area contributed by atoms with Gasteiger partial charge < -0.3 is 9.15 Å². The zero-order chi connectivity index (χ0) is 22.1. The van der Waals surface area contributed by atoms with Crippen LogP contribution in [0.4, 0.5) is 0 Å². The quantitative estimate of drug-likeness (QED) is 0.347. The monoisotopic (exact) mass is 432 g/mol. The van der Waals surface area contributed by atoms with E-state index in [1.807, 2.05) is 51.1 Å². The summed E-state index contributed by atoms with van der Waals surface area (Å²) >= 11 is 5.89. The fourth-order valence-electron chi connectivity index (χ4n) is 3.52. The van der Waals surface area contributed by atoms with E-state index >= 15 is 0 Å². The molecule has 0 bridgehead atoms. The van der Waals surface area contributed by atoms with Crippen LogP contribution in [0.2, 0.25) is 5.02 Å². The molecule has 1 heterocycles. The third-order valence-corrected chi connectivity index (χ3v) is 5.36. The highest BCUT2D eigenvalue weighted by Crippen LogP contribution is 2.32. The van der Waals surface area contributed by atoms with E-state index in [1.165, 1.54) is 0 Å². The summed E-state index contributed by atoms with van der Waals surface area (Å²) in [6.45, 7) is 5.52. The highest BCUT2D eigenvalue weighted by atomic mass is 35.5. The summed E-state index contributed by atoms with van der Waals surface area (Å²) in [5.41, 5.74) is 4.28. The molecule has 0 N–H and O–H groups in total. The number of benzene rings is 3. The van der Waals surface area contributed by atoms with Gasteiger partial charge in [0.25, 0.3) is 0 Å². The van der Waals surface area contributed by atoms with Gasteiger partial charge in [0.15, 0.2) is 18.2 Å². The van der Waals surface area contributed by atoms with Crippen molar-refractivity contribution >= 4 is 28.4 Å². The van der Waals surface area contributed by atoms with Gasteiger partial charge >= 0.3 is 0 Å². The van der Waals surface area contributed by atoms with Crippen LogP contribution in [0.3, 0.4) is 0 Å². The predicted molar refractivity (Wildman–Crippen MR) is 123 cm³/mol. The third kappa shape index (κ3) is 4.25. The summed E-state index contributed by atoms with van der Waals surface area (Å²) in [6, 6.07) is 17.9. The standard InChI is InChI=1S/C26H21ClO4/c1-15-4-6-19(7-5-15)25-26(30-14-22(28)18-8-10-20(27)11-9-18)23(29)21-13-16(2)12-17(3)24(21)31-25/h4-13H,14H2,1-3H3. The Balaban J connectivity index is 1.81. The van der Waals surface area contributed by atoms with Crippen LogP contribution in [0.5, 0.6) is 5.75 Å². The van der Waals surface area contributed by atoms with Gasteiger partial charge in [-0.15, -0.1) is 0 Å². The number of carbonyl (C=O) groups excluding carboxylic acids is 1. The van der Waals surface area contributed by atoms with Gasteiger partial charge in [-0.1, -0.05) is 47.5 Å². The molecule has 3 aromatic carbocycles. The van der Waals surface area contributed by atoms with Crippen LogP contribution in [0, 0.1) is 20.8 Å². The van der Waals surface area contributed by atoms with E-state index < -0.39 is 0 Å². The Kier molecular flexibility index (Phi) is 5.66. The SMILES string of the molecule is Cc1ccc(-c2oc3c(C)cc(C)cc3c(=O)c2OCC(=O)c2ccc(Cl)cc2)cc1. The minimum Gasteiger partial charge on any atom is -0.478 e. The van der Waals surface area contributed by atoms with Crippen LogP contribution in [0.25, 0.3) is 22.3 Å². The molecule has 4 aromatic rings. The lowest BCUT2D eigenvalue weighted by molar-refractivity contribution is 0.0920. The molecule has 4 nitrogen and oxygen atoms in total. The zero-order valence-electron chi connectivity index (χ0n) is 17.5. The second-order valence-electron chi connectivity index (χ2n) is 7.63. The highest BCUT2D eigenvalue weighted by molar-refractivity contribution is 6.30. The summed E-state index contributed by atoms with van der Waals surface area (Å²) in [5, 5.41) is 0.974. The molecule has 0 spiro atoms. The van der Waals surface area contributed by atoms with Gasteiger partial charge in [-0.25, -0.2) is 0 Å². The largest absolute Gasteiger partial charge is 0.478 e. The number of Topliss-reactive ketones (excluding diaryl/α,β-unsaturated/α-hetero) is 1. The van der Waals surface area contributed by atoms with Crippen molar-refractivity contribution in [3.8, 4) is 17.1 Å². The van der Waals surface area contributed by atoms with E-state index in [4.69, 9.17) is 20.8 Å². The first-order chi connectivity index (χ1) is 14.8. The Hall–Kier alpha value is -3.37. The second-order valence-corrected chi connectivity index (χ2v) is 8.07. The molecule has 0 saturated carbocycles. The molecule has 4 rings (SSSR count). The molecule has 0 aliphatic rings. The van der Waals surface area contributed by atoms with Crippen molar-refractivity contribution in [1.82, 2.24) is 0 Å². The number of ether oxygens (including phenoxy) is 1. The first-order valence-electron chi connectivity index (χ1n) is 9.90. The maximum atomic E-state index is 13.4. The number of rotatable bonds is 5. The number of ketones is 1. The summed E-state index contributed by atoms with van der Waals surface area (Å²) in [7, 11) is 0. The van der Waals surface area contributed by atoms with Gasteiger partial charge in [-0.05, 0) is 62.2 Å². The van der Waals surface area contributed by atoms with Crippen LogP contribution < -0.4 is 10.2 Å². The van der Waals surface area contributed by atoms with Gasteiger partial charge in [0.2, 0.25) is 11.2 Å². The van der Waals surface area contributed by atoms with Crippen molar-refractivity contribution in [3.63, 3.8) is 0 Å². The fourth-order valence-corrected chi connectivity index (χ4v) is 3.64. The van der Waals surface area contributed by atoms with Crippen LogP contribution in [-0.2, 0) is 0 Å². The molecule has 1 aromatic heterocycles. The number of hydrogen-bond donors (Lipinski definition) is 0.